The van der Waals surface area contributed by atoms with Crippen LogP contribution in [0.25, 0.3) is 10.9 Å². The normalized spacial score (nSPS) is 10.9. The van der Waals surface area contributed by atoms with Gasteiger partial charge in [0.2, 0.25) is 0 Å². The molecule has 0 saturated carbocycles. The number of benzene rings is 1. The highest BCUT2D eigenvalue weighted by atomic mass is 127. The molecular weight excluding hydrogens is 345 g/mol. The minimum absolute atomic E-state index is 0.796. The summed E-state index contributed by atoms with van der Waals surface area (Å²) in [4.78, 5) is 12.3. The van der Waals surface area contributed by atoms with Gasteiger partial charge in [0.1, 0.15) is 0 Å². The third-order valence-corrected chi connectivity index (χ3v) is 4.27. The van der Waals surface area contributed by atoms with Crippen molar-refractivity contribution in [3.8, 4) is 0 Å². The van der Waals surface area contributed by atoms with Crippen molar-refractivity contribution in [3.05, 3.63) is 30.0 Å². The van der Waals surface area contributed by atoms with Gasteiger partial charge >= 0.3 is 0 Å². The molecule has 0 atom stereocenters. The monoisotopic (exact) mass is 359 g/mol. The number of rotatable bonds is 5. The Balaban J connectivity index is 2.52. The lowest BCUT2D eigenvalue weighted by atomic mass is 10.2. The molecule has 0 fully saturated rings. The van der Waals surface area contributed by atoms with Gasteiger partial charge in [-0.25, -0.2) is 0 Å². The Morgan fingerprint density at radius 3 is 2.94 bits per heavy atom. The Bertz CT molecular complexity index is 535. The molecule has 0 unspecified atom stereocenters. The summed E-state index contributed by atoms with van der Waals surface area (Å²) in [5, 5.41) is 1.07. The van der Waals surface area contributed by atoms with Crippen LogP contribution >= 0.6 is 34.4 Å². The standard InChI is InChI=1S/C13H14INOS/c1-17-11-3-4-13-12(7-11)10(9-16)8-15(13)6-2-5-14/h3-4,7-9H,2,5-6H2,1H3. The third kappa shape index (κ3) is 2.68. The van der Waals surface area contributed by atoms with Crippen LogP contribution < -0.4 is 0 Å². The van der Waals surface area contributed by atoms with E-state index in [9.17, 15) is 4.79 Å². The molecular formula is C13H14INOS. The molecule has 0 bridgehead atoms. The van der Waals surface area contributed by atoms with Gasteiger partial charge in [0.15, 0.2) is 6.29 Å². The number of alkyl halides is 1. The van der Waals surface area contributed by atoms with E-state index in [4.69, 9.17) is 0 Å². The van der Waals surface area contributed by atoms with E-state index in [1.165, 1.54) is 4.90 Å². The molecule has 2 aromatic rings. The van der Waals surface area contributed by atoms with Crippen LogP contribution in [0.1, 0.15) is 16.8 Å². The number of aromatic nitrogens is 1. The molecule has 0 N–H and O–H groups in total. The maximum Gasteiger partial charge on any atom is 0.152 e. The summed E-state index contributed by atoms with van der Waals surface area (Å²) in [5.41, 5.74) is 1.96. The smallest absolute Gasteiger partial charge is 0.152 e. The van der Waals surface area contributed by atoms with Crippen molar-refractivity contribution < 1.29 is 4.79 Å². The summed E-state index contributed by atoms with van der Waals surface area (Å²) in [6.45, 7) is 0.978. The van der Waals surface area contributed by atoms with E-state index in [1.54, 1.807) is 11.8 Å². The van der Waals surface area contributed by atoms with Crippen molar-refractivity contribution in [1.82, 2.24) is 4.57 Å². The van der Waals surface area contributed by atoms with Gasteiger partial charge in [-0.3, -0.25) is 4.79 Å². The summed E-state index contributed by atoms with van der Waals surface area (Å²) in [5.74, 6) is 0. The average Bonchev–Trinajstić information content (AvgIpc) is 2.73. The average molecular weight is 359 g/mol. The predicted octanol–water partition coefficient (Wildman–Crippen LogP) is 4.00. The van der Waals surface area contributed by atoms with E-state index in [-0.39, 0.29) is 0 Å². The van der Waals surface area contributed by atoms with E-state index in [0.717, 1.165) is 40.1 Å². The topological polar surface area (TPSA) is 22.0 Å². The minimum atomic E-state index is 0.796. The second-order valence-corrected chi connectivity index (χ2v) is 5.78. The zero-order chi connectivity index (χ0) is 12.3. The van der Waals surface area contributed by atoms with Gasteiger partial charge < -0.3 is 4.57 Å². The number of halogens is 1. The van der Waals surface area contributed by atoms with Crippen LogP contribution in [0.3, 0.4) is 0 Å². The molecule has 1 aromatic carbocycles. The largest absolute Gasteiger partial charge is 0.347 e. The summed E-state index contributed by atoms with van der Waals surface area (Å²) < 4.78 is 3.32. The quantitative estimate of drug-likeness (QED) is 0.348. The molecule has 0 saturated heterocycles. The SMILES string of the molecule is CSc1ccc2c(c1)c(C=O)cn2CCCI. The zero-order valence-corrected chi connectivity index (χ0v) is 12.6. The maximum absolute atomic E-state index is 11.1. The third-order valence-electron chi connectivity index (χ3n) is 2.78. The van der Waals surface area contributed by atoms with Crippen molar-refractivity contribution >= 4 is 51.5 Å². The van der Waals surface area contributed by atoms with Crippen LogP contribution in [0.4, 0.5) is 0 Å². The Kier molecular flexibility index (Phi) is 4.50. The molecule has 90 valence electrons. The summed E-state index contributed by atoms with van der Waals surface area (Å²) in [6.07, 6.45) is 6.10. The first-order valence-corrected chi connectivity index (χ1v) is 8.23. The van der Waals surface area contributed by atoms with E-state index < -0.39 is 0 Å². The van der Waals surface area contributed by atoms with Crippen LogP contribution in [-0.2, 0) is 6.54 Å². The first kappa shape index (κ1) is 13.0. The van der Waals surface area contributed by atoms with Crippen LogP contribution in [0.2, 0.25) is 0 Å². The van der Waals surface area contributed by atoms with Gasteiger partial charge in [-0.15, -0.1) is 11.8 Å². The number of fused-ring (bicyclic) bond motifs is 1. The molecule has 1 heterocycles. The molecule has 1 aromatic heterocycles. The summed E-state index contributed by atoms with van der Waals surface area (Å²) in [7, 11) is 0. The van der Waals surface area contributed by atoms with E-state index >= 15 is 0 Å². The number of hydrogen-bond donors (Lipinski definition) is 0. The second kappa shape index (κ2) is 5.91. The molecule has 4 heteroatoms. The predicted molar refractivity (Wildman–Crippen MR) is 82.6 cm³/mol. The van der Waals surface area contributed by atoms with Crippen molar-refractivity contribution in [2.45, 2.75) is 17.9 Å². The lowest BCUT2D eigenvalue weighted by Gasteiger charge is -2.04. The molecule has 2 nitrogen and oxygen atoms in total. The number of hydrogen-bond acceptors (Lipinski definition) is 2. The maximum atomic E-state index is 11.1. The van der Waals surface area contributed by atoms with Gasteiger partial charge in [0, 0.05) is 38.5 Å². The first-order chi connectivity index (χ1) is 8.30. The Hall–Kier alpha value is -0.490. The molecule has 17 heavy (non-hydrogen) atoms. The highest BCUT2D eigenvalue weighted by Crippen LogP contribution is 2.26. The number of aryl methyl sites for hydroxylation is 1. The Morgan fingerprint density at radius 1 is 1.47 bits per heavy atom. The van der Waals surface area contributed by atoms with E-state index in [1.807, 2.05) is 6.20 Å². The van der Waals surface area contributed by atoms with Crippen molar-refractivity contribution in [3.63, 3.8) is 0 Å². The Morgan fingerprint density at radius 2 is 2.29 bits per heavy atom. The highest BCUT2D eigenvalue weighted by molar-refractivity contribution is 14.1. The van der Waals surface area contributed by atoms with E-state index in [0.29, 0.717) is 0 Å². The zero-order valence-electron chi connectivity index (χ0n) is 9.65. The molecule has 0 aliphatic carbocycles. The fourth-order valence-electron chi connectivity index (χ4n) is 1.94. The highest BCUT2D eigenvalue weighted by Gasteiger charge is 2.08. The second-order valence-electron chi connectivity index (χ2n) is 3.82. The number of carbonyl (C=O) groups excluding carboxylic acids is 1. The molecule has 0 radical (unpaired) electrons. The summed E-state index contributed by atoms with van der Waals surface area (Å²) >= 11 is 4.08. The number of aldehydes is 1. The number of thioether (sulfide) groups is 1. The van der Waals surface area contributed by atoms with Gasteiger partial charge in [-0.1, -0.05) is 22.6 Å². The van der Waals surface area contributed by atoms with Crippen LogP contribution in [0, 0.1) is 0 Å². The van der Waals surface area contributed by atoms with Gasteiger partial charge in [0.25, 0.3) is 0 Å². The Labute approximate surface area is 119 Å². The summed E-state index contributed by atoms with van der Waals surface area (Å²) in [6, 6.07) is 6.33. The van der Waals surface area contributed by atoms with Crippen molar-refractivity contribution in [1.29, 1.82) is 0 Å². The van der Waals surface area contributed by atoms with Crippen LogP contribution in [-0.4, -0.2) is 21.5 Å². The minimum Gasteiger partial charge on any atom is -0.347 e. The molecule has 0 amide bonds. The fourth-order valence-corrected chi connectivity index (χ4v) is 2.72. The van der Waals surface area contributed by atoms with Gasteiger partial charge in [-0.05, 0) is 30.9 Å². The first-order valence-electron chi connectivity index (χ1n) is 5.48. The van der Waals surface area contributed by atoms with Crippen molar-refractivity contribution in [2.75, 3.05) is 10.7 Å². The lowest BCUT2D eigenvalue weighted by molar-refractivity contribution is 0.112. The lowest BCUT2D eigenvalue weighted by Crippen LogP contribution is -1.96. The molecule has 0 aliphatic heterocycles. The van der Waals surface area contributed by atoms with Gasteiger partial charge in [-0.2, -0.15) is 0 Å². The number of carbonyl (C=O) groups is 1. The van der Waals surface area contributed by atoms with Crippen LogP contribution in [0.15, 0.2) is 29.3 Å². The molecule has 0 aliphatic rings. The van der Waals surface area contributed by atoms with Gasteiger partial charge in [0.05, 0.1) is 0 Å². The molecule has 2 rings (SSSR count). The van der Waals surface area contributed by atoms with Crippen molar-refractivity contribution in [2.24, 2.45) is 0 Å². The van der Waals surface area contributed by atoms with Crippen LogP contribution in [0.5, 0.6) is 0 Å². The number of nitrogens with zero attached hydrogens (tertiary/aromatic N) is 1. The fraction of sp³-hybridized carbons (Fsp3) is 0.308. The molecule has 0 spiro atoms. The van der Waals surface area contributed by atoms with E-state index in [2.05, 4.69) is 51.6 Å².